The third-order valence-electron chi connectivity index (χ3n) is 5.40. The second-order valence-electron chi connectivity index (χ2n) is 7.35. The smallest absolute Gasteiger partial charge is 0.279 e. The molecule has 0 amide bonds. The number of aromatic nitrogens is 4. The van der Waals surface area contributed by atoms with E-state index in [1.807, 2.05) is 30.3 Å². The molecule has 3 heterocycles. The Morgan fingerprint density at radius 3 is 2.69 bits per heavy atom. The van der Waals surface area contributed by atoms with Crippen molar-refractivity contribution in [3.05, 3.63) is 70.6 Å². The molecule has 0 atom stereocenters. The highest BCUT2D eigenvalue weighted by Gasteiger charge is 2.34. The van der Waals surface area contributed by atoms with Crippen LogP contribution in [-0.2, 0) is 30.0 Å². The molecule has 5 rings (SSSR count). The first-order valence-corrected chi connectivity index (χ1v) is 11.6. The molecule has 2 aromatic heterocycles. The highest BCUT2D eigenvalue weighted by Crippen LogP contribution is 2.33. The lowest BCUT2D eigenvalue weighted by Gasteiger charge is -2.26. The topological polar surface area (TPSA) is 94.1 Å². The van der Waals surface area contributed by atoms with Gasteiger partial charge in [-0.05, 0) is 18.2 Å². The quantitative estimate of drug-likeness (QED) is 0.449. The lowest BCUT2D eigenvalue weighted by Crippen LogP contribution is -2.36. The zero-order chi connectivity index (χ0) is 22.5. The third-order valence-corrected chi connectivity index (χ3v) is 7.53. The normalized spacial score (nSPS) is 14.5. The maximum atomic E-state index is 13.5. The minimum atomic E-state index is -3.89. The van der Waals surface area contributed by atoms with Gasteiger partial charge in [-0.3, -0.25) is 4.68 Å². The van der Waals surface area contributed by atoms with Crippen molar-refractivity contribution in [3.8, 4) is 23.0 Å². The molecule has 164 valence electrons. The Bertz CT molecular complexity index is 1420. The molecule has 4 aromatic rings. The molecule has 0 radical (unpaired) electrons. The van der Waals surface area contributed by atoms with Crippen LogP contribution in [0.3, 0.4) is 0 Å². The number of nitrogens with zero attached hydrogens (tertiary/aromatic N) is 5. The van der Waals surface area contributed by atoms with Gasteiger partial charge >= 0.3 is 0 Å². The summed E-state index contributed by atoms with van der Waals surface area (Å²) < 4.78 is 48.3. The van der Waals surface area contributed by atoms with Crippen molar-refractivity contribution >= 4 is 21.6 Å². The molecular weight excluding hydrogens is 457 g/mol. The number of aryl methyl sites for hydroxylation is 1. The van der Waals surface area contributed by atoms with Crippen LogP contribution in [0.25, 0.3) is 23.0 Å². The van der Waals surface area contributed by atoms with E-state index in [0.29, 0.717) is 23.5 Å². The van der Waals surface area contributed by atoms with E-state index in [-0.39, 0.29) is 28.9 Å². The molecule has 0 bridgehead atoms. The summed E-state index contributed by atoms with van der Waals surface area (Å²) in [5.74, 6) is -0.0438. The van der Waals surface area contributed by atoms with Crippen LogP contribution in [0.1, 0.15) is 11.3 Å². The Balaban J connectivity index is 1.50. The van der Waals surface area contributed by atoms with Gasteiger partial charge in [0.25, 0.3) is 5.89 Å². The highest BCUT2D eigenvalue weighted by atomic mass is 35.5. The molecule has 2 aromatic carbocycles. The fraction of sp³-hybridized carbons (Fsp3) is 0.190. The van der Waals surface area contributed by atoms with Gasteiger partial charge in [-0.2, -0.15) is 14.4 Å². The van der Waals surface area contributed by atoms with Crippen LogP contribution in [0.2, 0.25) is 5.02 Å². The average molecular weight is 474 g/mol. The lowest BCUT2D eigenvalue weighted by atomic mass is 10.1. The number of rotatable bonds is 4. The number of sulfonamides is 1. The van der Waals surface area contributed by atoms with E-state index in [1.165, 1.54) is 10.4 Å². The van der Waals surface area contributed by atoms with Crippen molar-refractivity contribution in [3.63, 3.8) is 0 Å². The molecule has 0 saturated heterocycles. The number of benzene rings is 2. The number of hydrogen-bond donors (Lipinski definition) is 0. The molecule has 0 aliphatic carbocycles. The van der Waals surface area contributed by atoms with Crippen molar-refractivity contribution in [2.75, 3.05) is 6.54 Å². The van der Waals surface area contributed by atoms with Gasteiger partial charge in [0.2, 0.25) is 15.8 Å². The van der Waals surface area contributed by atoms with E-state index in [4.69, 9.17) is 16.1 Å². The summed E-state index contributed by atoms with van der Waals surface area (Å²) in [6.45, 7) is 0.321. The monoisotopic (exact) mass is 473 g/mol. The van der Waals surface area contributed by atoms with E-state index >= 15 is 0 Å². The van der Waals surface area contributed by atoms with Crippen LogP contribution in [0, 0.1) is 5.82 Å². The second-order valence-corrected chi connectivity index (χ2v) is 9.70. The maximum Gasteiger partial charge on any atom is 0.279 e. The maximum absolute atomic E-state index is 13.5. The molecule has 0 fully saturated rings. The van der Waals surface area contributed by atoms with Gasteiger partial charge in [-0.1, -0.05) is 47.1 Å². The van der Waals surface area contributed by atoms with E-state index in [1.54, 1.807) is 11.7 Å². The number of halogens is 2. The fourth-order valence-electron chi connectivity index (χ4n) is 3.76. The summed E-state index contributed by atoms with van der Waals surface area (Å²) >= 11 is 5.80. The van der Waals surface area contributed by atoms with Gasteiger partial charge in [0, 0.05) is 43.4 Å². The molecule has 0 N–H and O–H groups in total. The van der Waals surface area contributed by atoms with Gasteiger partial charge < -0.3 is 4.52 Å². The van der Waals surface area contributed by atoms with Gasteiger partial charge in [-0.25, -0.2) is 12.8 Å². The van der Waals surface area contributed by atoms with Crippen molar-refractivity contribution in [2.24, 2.45) is 7.05 Å². The van der Waals surface area contributed by atoms with Crippen molar-refractivity contribution in [1.29, 1.82) is 0 Å². The summed E-state index contributed by atoms with van der Waals surface area (Å²) in [7, 11) is -2.10. The first-order chi connectivity index (χ1) is 15.3. The number of hydrogen-bond acceptors (Lipinski definition) is 6. The van der Waals surface area contributed by atoms with Crippen LogP contribution < -0.4 is 0 Å². The molecule has 8 nitrogen and oxygen atoms in total. The lowest BCUT2D eigenvalue weighted by molar-refractivity contribution is 0.385. The minimum Gasteiger partial charge on any atom is -0.332 e. The highest BCUT2D eigenvalue weighted by molar-refractivity contribution is 7.89. The van der Waals surface area contributed by atoms with E-state index in [2.05, 4.69) is 15.2 Å². The van der Waals surface area contributed by atoms with Crippen LogP contribution >= 0.6 is 11.6 Å². The minimum absolute atomic E-state index is 0.0676. The molecule has 0 unspecified atom stereocenters. The zero-order valence-corrected chi connectivity index (χ0v) is 18.4. The molecule has 0 saturated carbocycles. The fourth-order valence-corrected chi connectivity index (χ4v) is 5.44. The van der Waals surface area contributed by atoms with Crippen LogP contribution in [0.15, 0.2) is 57.9 Å². The number of fused-ring (bicyclic) bond motifs is 1. The Hall–Kier alpha value is -3.08. The van der Waals surface area contributed by atoms with E-state index in [9.17, 15) is 12.8 Å². The Morgan fingerprint density at radius 2 is 1.94 bits per heavy atom. The molecule has 1 aliphatic rings. The Labute approximate surface area is 188 Å². The van der Waals surface area contributed by atoms with Crippen molar-refractivity contribution in [2.45, 2.75) is 17.9 Å². The molecular formula is C21H17ClFN5O3S. The summed E-state index contributed by atoms with van der Waals surface area (Å²) in [6, 6.07) is 12.7. The SMILES string of the molecule is Cn1nc(-c2nc(-c3ccccc3)no2)c2c1CCN(S(=O)(=O)c1ccc(F)c(Cl)c1)C2. The molecule has 0 spiro atoms. The van der Waals surface area contributed by atoms with Gasteiger partial charge in [0.05, 0.1) is 9.92 Å². The van der Waals surface area contributed by atoms with E-state index in [0.717, 1.165) is 23.4 Å². The van der Waals surface area contributed by atoms with Crippen LogP contribution in [0.4, 0.5) is 4.39 Å². The summed E-state index contributed by atoms with van der Waals surface area (Å²) in [5.41, 5.74) is 2.82. The zero-order valence-electron chi connectivity index (χ0n) is 16.9. The molecule has 32 heavy (non-hydrogen) atoms. The third kappa shape index (κ3) is 3.50. The molecule has 1 aliphatic heterocycles. The summed E-state index contributed by atoms with van der Waals surface area (Å²) in [6.07, 6.45) is 0.451. The standard InChI is InChI=1S/C21H17ClFN5O3S/c1-27-18-9-10-28(32(29,30)14-7-8-17(23)16(22)11-14)12-15(18)19(25-27)21-24-20(26-31-21)13-5-3-2-4-6-13/h2-8,11H,9-10,12H2,1H3. The van der Waals surface area contributed by atoms with Crippen LogP contribution in [-0.4, -0.2) is 39.2 Å². The first kappa shape index (κ1) is 20.8. The van der Waals surface area contributed by atoms with Gasteiger partial charge in [0.1, 0.15) is 5.82 Å². The van der Waals surface area contributed by atoms with Gasteiger partial charge in [-0.15, -0.1) is 0 Å². The van der Waals surface area contributed by atoms with Crippen molar-refractivity contribution in [1.82, 2.24) is 24.2 Å². The van der Waals surface area contributed by atoms with Gasteiger partial charge in [0.15, 0.2) is 5.69 Å². The summed E-state index contributed by atoms with van der Waals surface area (Å²) in [5, 5.41) is 8.30. The van der Waals surface area contributed by atoms with Crippen LogP contribution in [0.5, 0.6) is 0 Å². The Morgan fingerprint density at radius 1 is 1.16 bits per heavy atom. The summed E-state index contributed by atoms with van der Waals surface area (Å²) in [4.78, 5) is 4.39. The Kier molecular flexibility index (Phi) is 5.07. The van der Waals surface area contributed by atoms with E-state index < -0.39 is 15.8 Å². The predicted molar refractivity (Wildman–Crippen MR) is 115 cm³/mol. The largest absolute Gasteiger partial charge is 0.332 e. The second kappa shape index (κ2) is 7.80. The predicted octanol–water partition coefficient (Wildman–Crippen LogP) is 3.68. The van der Waals surface area contributed by atoms with Crippen molar-refractivity contribution < 1.29 is 17.3 Å². The average Bonchev–Trinajstić information content (AvgIpc) is 3.41. The first-order valence-electron chi connectivity index (χ1n) is 9.74. The molecule has 11 heteroatoms.